The highest BCUT2D eigenvalue weighted by molar-refractivity contribution is 9.10. The first-order chi connectivity index (χ1) is 14.4. The minimum absolute atomic E-state index is 0.0390. The lowest BCUT2D eigenvalue weighted by molar-refractivity contribution is 0.0970. The van der Waals surface area contributed by atoms with E-state index in [1.54, 1.807) is 30.3 Å². The smallest absolute Gasteiger partial charge is 0.296 e. The maximum Gasteiger partial charge on any atom is 0.296 e. The fourth-order valence-corrected chi connectivity index (χ4v) is 4.23. The lowest BCUT2D eigenvalue weighted by atomic mass is 9.97. The van der Waals surface area contributed by atoms with Gasteiger partial charge >= 0.3 is 0 Å². The lowest BCUT2D eigenvalue weighted by Crippen LogP contribution is -2.30. The second kappa shape index (κ2) is 7.07. The van der Waals surface area contributed by atoms with Gasteiger partial charge in [-0.15, -0.1) is 0 Å². The summed E-state index contributed by atoms with van der Waals surface area (Å²) in [4.78, 5) is 32.7. The Bertz CT molecular complexity index is 1360. The molecule has 0 spiro atoms. The van der Waals surface area contributed by atoms with Crippen LogP contribution < -0.4 is 10.3 Å². The van der Waals surface area contributed by atoms with Crippen LogP contribution in [-0.4, -0.2) is 10.9 Å². The van der Waals surface area contributed by atoms with E-state index in [9.17, 15) is 9.59 Å². The van der Waals surface area contributed by atoms with E-state index < -0.39 is 11.9 Å². The van der Waals surface area contributed by atoms with Crippen molar-refractivity contribution in [1.29, 1.82) is 0 Å². The van der Waals surface area contributed by atoms with Crippen LogP contribution in [-0.2, 0) is 0 Å². The van der Waals surface area contributed by atoms with Gasteiger partial charge in [0.2, 0.25) is 5.76 Å². The highest BCUT2D eigenvalue weighted by atomic mass is 79.9. The third-order valence-corrected chi connectivity index (χ3v) is 5.90. The van der Waals surface area contributed by atoms with Gasteiger partial charge in [-0.05, 0) is 42.8 Å². The van der Waals surface area contributed by atoms with E-state index in [4.69, 9.17) is 16.0 Å². The number of carbonyl (C=O) groups is 1. The first-order valence-electron chi connectivity index (χ1n) is 9.22. The van der Waals surface area contributed by atoms with Crippen LogP contribution >= 0.6 is 27.5 Å². The number of aromatic nitrogens is 1. The van der Waals surface area contributed by atoms with Crippen molar-refractivity contribution in [2.24, 2.45) is 0 Å². The van der Waals surface area contributed by atoms with E-state index in [2.05, 4.69) is 20.9 Å². The Balaban J connectivity index is 1.81. The van der Waals surface area contributed by atoms with Gasteiger partial charge in [0, 0.05) is 10.7 Å². The molecule has 0 fully saturated rings. The van der Waals surface area contributed by atoms with Gasteiger partial charge in [-0.1, -0.05) is 57.4 Å². The van der Waals surface area contributed by atoms with Gasteiger partial charge in [-0.3, -0.25) is 14.5 Å². The van der Waals surface area contributed by atoms with Crippen molar-refractivity contribution >= 4 is 50.2 Å². The zero-order valence-corrected chi connectivity index (χ0v) is 18.1. The lowest BCUT2D eigenvalue weighted by Gasteiger charge is -2.24. The topological polar surface area (TPSA) is 63.4 Å². The van der Waals surface area contributed by atoms with E-state index in [0.717, 1.165) is 15.6 Å². The first kappa shape index (κ1) is 19.0. The Labute approximate surface area is 185 Å². The Hall–Kier alpha value is -2.96. The van der Waals surface area contributed by atoms with Crippen LogP contribution in [0.25, 0.3) is 11.0 Å². The van der Waals surface area contributed by atoms with E-state index >= 15 is 0 Å². The summed E-state index contributed by atoms with van der Waals surface area (Å²) in [5, 5.41) is 0.874. The molecule has 1 unspecified atom stereocenters. The van der Waals surface area contributed by atoms with Gasteiger partial charge in [0.15, 0.2) is 5.43 Å². The molecule has 0 bridgehead atoms. The minimum Gasteiger partial charge on any atom is -0.450 e. The van der Waals surface area contributed by atoms with Crippen LogP contribution in [0.15, 0.2) is 74.5 Å². The predicted octanol–water partition coefficient (Wildman–Crippen LogP) is 5.66. The van der Waals surface area contributed by atoms with E-state index in [1.807, 2.05) is 31.2 Å². The molecule has 1 atom stereocenters. The maximum absolute atomic E-state index is 13.5. The van der Waals surface area contributed by atoms with Crippen LogP contribution in [0.4, 0.5) is 5.82 Å². The number of carbonyl (C=O) groups excluding carboxylic acids is 1. The molecule has 2 aromatic carbocycles. The van der Waals surface area contributed by atoms with E-state index in [0.29, 0.717) is 27.4 Å². The summed E-state index contributed by atoms with van der Waals surface area (Å²) in [6, 6.07) is 15.6. The summed E-state index contributed by atoms with van der Waals surface area (Å²) in [5.41, 5.74) is 2.32. The van der Waals surface area contributed by atoms with Crippen molar-refractivity contribution < 1.29 is 9.21 Å². The summed E-state index contributed by atoms with van der Waals surface area (Å²) >= 11 is 9.39. The second-order valence-electron chi connectivity index (χ2n) is 7.14. The Morgan fingerprint density at radius 3 is 2.53 bits per heavy atom. The van der Waals surface area contributed by atoms with Gasteiger partial charge in [0.05, 0.1) is 22.0 Å². The van der Waals surface area contributed by atoms with Crippen LogP contribution in [0, 0.1) is 6.92 Å². The van der Waals surface area contributed by atoms with E-state index in [-0.39, 0.29) is 11.2 Å². The Kier molecular flexibility index (Phi) is 4.49. The zero-order valence-electron chi connectivity index (χ0n) is 15.7. The number of hydrogen-bond donors (Lipinski definition) is 0. The highest BCUT2D eigenvalue weighted by Gasteiger charge is 2.44. The molecule has 0 saturated heterocycles. The Morgan fingerprint density at radius 2 is 1.83 bits per heavy atom. The quantitative estimate of drug-likeness (QED) is 0.370. The molecular weight excluding hydrogens is 468 g/mol. The number of fused-ring (bicyclic) bond motifs is 2. The van der Waals surface area contributed by atoms with Crippen LogP contribution in [0.2, 0.25) is 5.02 Å². The third kappa shape index (κ3) is 2.95. The van der Waals surface area contributed by atoms with Gasteiger partial charge in [0.25, 0.3) is 5.91 Å². The van der Waals surface area contributed by atoms with Crippen molar-refractivity contribution in [3.8, 4) is 0 Å². The standard InChI is InChI=1S/C23H14BrClN2O3/c1-12-2-4-13(5-3-12)20-19-21(28)16-10-14(24)6-8-17(16)30-22(19)23(29)27(20)18-9-7-15(25)11-26-18/h2-11,20H,1H3. The van der Waals surface area contributed by atoms with Crippen molar-refractivity contribution in [1.82, 2.24) is 4.98 Å². The average Bonchev–Trinajstić information content (AvgIpc) is 3.03. The predicted molar refractivity (Wildman–Crippen MR) is 119 cm³/mol. The van der Waals surface area contributed by atoms with Crippen molar-refractivity contribution in [2.45, 2.75) is 13.0 Å². The number of anilines is 1. The largest absolute Gasteiger partial charge is 0.450 e. The number of hydrogen-bond acceptors (Lipinski definition) is 4. The van der Waals surface area contributed by atoms with Gasteiger partial charge in [-0.25, -0.2) is 4.98 Å². The van der Waals surface area contributed by atoms with Crippen molar-refractivity contribution in [3.05, 3.63) is 103 Å². The highest BCUT2D eigenvalue weighted by Crippen LogP contribution is 2.40. The van der Waals surface area contributed by atoms with Gasteiger partial charge in [0.1, 0.15) is 11.4 Å². The third-order valence-electron chi connectivity index (χ3n) is 5.18. The summed E-state index contributed by atoms with van der Waals surface area (Å²) in [5.74, 6) is 0.0236. The molecule has 30 heavy (non-hydrogen) atoms. The zero-order chi connectivity index (χ0) is 21.0. The number of amides is 1. The molecule has 7 heteroatoms. The van der Waals surface area contributed by atoms with Crippen molar-refractivity contribution in [2.75, 3.05) is 4.90 Å². The molecule has 148 valence electrons. The number of rotatable bonds is 2. The Morgan fingerprint density at radius 1 is 1.07 bits per heavy atom. The molecule has 0 saturated carbocycles. The minimum atomic E-state index is -0.651. The molecule has 0 N–H and O–H groups in total. The fourth-order valence-electron chi connectivity index (χ4n) is 3.76. The number of pyridine rings is 1. The number of aryl methyl sites for hydroxylation is 1. The normalized spacial score (nSPS) is 15.6. The molecule has 5 rings (SSSR count). The maximum atomic E-state index is 13.5. The molecule has 1 aliphatic rings. The first-order valence-corrected chi connectivity index (χ1v) is 10.4. The molecule has 1 aliphatic heterocycles. The molecular formula is C23H14BrClN2O3. The van der Waals surface area contributed by atoms with Crippen LogP contribution in [0.1, 0.15) is 33.3 Å². The molecule has 0 aliphatic carbocycles. The molecule has 2 aromatic heterocycles. The fraction of sp³-hybridized carbons (Fsp3) is 0.0870. The molecule has 0 radical (unpaired) electrons. The van der Waals surface area contributed by atoms with Crippen LogP contribution in [0.3, 0.4) is 0 Å². The van der Waals surface area contributed by atoms with E-state index in [1.165, 1.54) is 11.1 Å². The average molecular weight is 482 g/mol. The second-order valence-corrected chi connectivity index (χ2v) is 8.49. The summed E-state index contributed by atoms with van der Waals surface area (Å²) in [6.07, 6.45) is 1.47. The van der Waals surface area contributed by atoms with Gasteiger partial charge in [-0.2, -0.15) is 0 Å². The monoisotopic (exact) mass is 480 g/mol. The molecule has 3 heterocycles. The van der Waals surface area contributed by atoms with Crippen LogP contribution in [0.5, 0.6) is 0 Å². The molecule has 1 amide bonds. The van der Waals surface area contributed by atoms with Crippen molar-refractivity contribution in [3.63, 3.8) is 0 Å². The molecule has 4 aromatic rings. The number of nitrogens with zero attached hydrogens (tertiary/aromatic N) is 2. The summed E-state index contributed by atoms with van der Waals surface area (Å²) in [7, 11) is 0. The SMILES string of the molecule is Cc1ccc(C2c3c(oc4ccc(Br)cc4c3=O)C(=O)N2c2ccc(Cl)cn2)cc1. The molecule has 5 nitrogen and oxygen atoms in total. The number of benzene rings is 2. The summed E-state index contributed by atoms with van der Waals surface area (Å²) in [6.45, 7) is 1.98. The summed E-state index contributed by atoms with van der Waals surface area (Å²) < 4.78 is 6.70. The van der Waals surface area contributed by atoms with Gasteiger partial charge < -0.3 is 4.42 Å². The number of halogens is 2.